The number of carbonyl (C=O) groups is 1. The maximum absolute atomic E-state index is 11.7. The summed E-state index contributed by atoms with van der Waals surface area (Å²) in [6.45, 7) is 10.6. The minimum absolute atomic E-state index is 0.0692. The highest BCUT2D eigenvalue weighted by Gasteiger charge is 2.31. The van der Waals surface area contributed by atoms with Gasteiger partial charge < -0.3 is 9.47 Å². The zero-order chi connectivity index (χ0) is 21.0. The number of hydrogen-bond donors (Lipinski definition) is 0. The Balaban J connectivity index is 1.83. The summed E-state index contributed by atoms with van der Waals surface area (Å²) in [7, 11) is 0. The summed E-state index contributed by atoms with van der Waals surface area (Å²) >= 11 is 0. The van der Waals surface area contributed by atoms with Crippen LogP contribution in [0.15, 0.2) is 47.5 Å². The van der Waals surface area contributed by atoms with Gasteiger partial charge in [-0.3, -0.25) is 0 Å². The van der Waals surface area contributed by atoms with Crippen molar-refractivity contribution in [1.29, 1.82) is 0 Å². The summed E-state index contributed by atoms with van der Waals surface area (Å²) in [5, 5.41) is 0. The molecule has 0 bridgehead atoms. The van der Waals surface area contributed by atoms with Crippen molar-refractivity contribution in [3.63, 3.8) is 0 Å². The summed E-state index contributed by atoms with van der Waals surface area (Å²) in [6.07, 6.45) is 0.885. The maximum Gasteiger partial charge on any atom is 0.338 e. The van der Waals surface area contributed by atoms with Crippen LogP contribution < -0.4 is 0 Å². The Kier molecular flexibility index (Phi) is 6.08. The predicted molar refractivity (Wildman–Crippen MR) is 116 cm³/mol. The molecule has 1 aliphatic rings. The summed E-state index contributed by atoms with van der Waals surface area (Å²) in [6, 6.07) is 13.3. The molecule has 1 heterocycles. The minimum Gasteiger partial charge on any atom is -0.478 e. The van der Waals surface area contributed by atoms with Gasteiger partial charge >= 0.3 is 5.97 Å². The van der Waals surface area contributed by atoms with Gasteiger partial charge in [-0.15, -0.1) is 0 Å². The van der Waals surface area contributed by atoms with Crippen molar-refractivity contribution in [3.8, 4) is 11.8 Å². The molecule has 2 aromatic carbocycles. The van der Waals surface area contributed by atoms with Crippen molar-refractivity contribution in [1.82, 2.24) is 0 Å². The number of carbonyl (C=O) groups excluding carboxylic acids is 1. The largest absolute Gasteiger partial charge is 0.478 e. The third-order valence-corrected chi connectivity index (χ3v) is 4.68. The van der Waals surface area contributed by atoms with Crippen LogP contribution in [0, 0.1) is 11.8 Å². The molecule has 0 aromatic heterocycles. The first-order valence-corrected chi connectivity index (χ1v) is 9.96. The van der Waals surface area contributed by atoms with Crippen LogP contribution in [0.3, 0.4) is 0 Å². The Morgan fingerprint density at radius 1 is 1.10 bits per heavy atom. The fraction of sp³-hybridized carbons (Fsp3) is 0.360. The molecule has 0 fully saturated rings. The standard InChI is InChI=1S/C25H27NO3/c1-6-28-24(27)20-12-9-18(10-13-20)7-8-19-11-14-22-21(15-19)25(4,5)16-23(26-22)29-17(2)3/h9-15,17H,6,16H2,1-5H3. The molecule has 0 amide bonds. The summed E-state index contributed by atoms with van der Waals surface area (Å²) < 4.78 is 10.9. The van der Waals surface area contributed by atoms with Crippen LogP contribution in [0.25, 0.3) is 0 Å². The molecule has 29 heavy (non-hydrogen) atoms. The molecule has 0 unspecified atom stereocenters. The molecule has 0 radical (unpaired) electrons. The molecule has 4 nitrogen and oxygen atoms in total. The number of aliphatic imine (C=N–C) groups is 1. The van der Waals surface area contributed by atoms with E-state index in [-0.39, 0.29) is 17.5 Å². The van der Waals surface area contributed by atoms with Crippen LogP contribution >= 0.6 is 0 Å². The molecule has 0 atom stereocenters. The van der Waals surface area contributed by atoms with Crippen LogP contribution in [0.1, 0.15) is 68.1 Å². The van der Waals surface area contributed by atoms with Crippen molar-refractivity contribution in [2.75, 3.05) is 6.61 Å². The number of esters is 1. The first kappa shape index (κ1) is 20.7. The molecule has 3 rings (SSSR count). The van der Waals surface area contributed by atoms with Gasteiger partial charge in [0.1, 0.15) is 0 Å². The van der Waals surface area contributed by atoms with Gasteiger partial charge in [-0.2, -0.15) is 0 Å². The molecule has 0 saturated heterocycles. The average Bonchev–Trinajstić information content (AvgIpc) is 2.66. The van der Waals surface area contributed by atoms with E-state index in [9.17, 15) is 4.79 Å². The Morgan fingerprint density at radius 2 is 1.76 bits per heavy atom. The molecule has 150 valence electrons. The maximum atomic E-state index is 11.7. The van der Waals surface area contributed by atoms with E-state index in [0.717, 1.165) is 29.1 Å². The monoisotopic (exact) mass is 389 g/mol. The number of hydrogen-bond acceptors (Lipinski definition) is 4. The molecule has 0 saturated carbocycles. The fourth-order valence-corrected chi connectivity index (χ4v) is 3.29. The van der Waals surface area contributed by atoms with E-state index in [0.29, 0.717) is 12.2 Å². The SMILES string of the molecule is CCOC(=O)c1ccc(C#Cc2ccc3c(c2)C(C)(C)CC(OC(C)C)=N3)cc1. The number of nitrogens with zero attached hydrogens (tertiary/aromatic N) is 1. The lowest BCUT2D eigenvalue weighted by atomic mass is 9.78. The third kappa shape index (κ3) is 5.06. The highest BCUT2D eigenvalue weighted by molar-refractivity contribution is 5.89. The Bertz CT molecular complexity index is 989. The third-order valence-electron chi connectivity index (χ3n) is 4.68. The van der Waals surface area contributed by atoms with Gasteiger partial charge in [-0.05, 0) is 68.8 Å². The summed E-state index contributed by atoms with van der Waals surface area (Å²) in [5.41, 5.74) is 4.38. The Morgan fingerprint density at radius 3 is 2.41 bits per heavy atom. The number of benzene rings is 2. The van der Waals surface area contributed by atoms with Crippen molar-refractivity contribution in [3.05, 3.63) is 64.7 Å². The van der Waals surface area contributed by atoms with Gasteiger partial charge in [0, 0.05) is 23.0 Å². The van der Waals surface area contributed by atoms with E-state index in [1.165, 1.54) is 5.56 Å². The van der Waals surface area contributed by atoms with Crippen LogP contribution in [0.5, 0.6) is 0 Å². The zero-order valence-corrected chi connectivity index (χ0v) is 17.7. The van der Waals surface area contributed by atoms with Crippen LogP contribution in [0.4, 0.5) is 5.69 Å². The number of fused-ring (bicyclic) bond motifs is 1. The lowest BCUT2D eigenvalue weighted by Gasteiger charge is -2.31. The molecular formula is C25H27NO3. The van der Waals surface area contributed by atoms with Gasteiger partial charge in [-0.25, -0.2) is 9.79 Å². The molecule has 0 N–H and O–H groups in total. The summed E-state index contributed by atoms with van der Waals surface area (Å²) in [5.74, 6) is 6.86. The van der Waals surface area contributed by atoms with Crippen LogP contribution in [-0.2, 0) is 14.9 Å². The Hall–Kier alpha value is -3.06. The molecular weight excluding hydrogens is 362 g/mol. The van der Waals surface area contributed by atoms with Crippen molar-refractivity contribution < 1.29 is 14.3 Å². The highest BCUT2D eigenvalue weighted by atomic mass is 16.5. The van der Waals surface area contributed by atoms with Crippen molar-refractivity contribution in [2.24, 2.45) is 4.99 Å². The first-order chi connectivity index (χ1) is 13.8. The number of ether oxygens (including phenoxy) is 2. The minimum atomic E-state index is -0.315. The van der Waals surface area contributed by atoms with E-state index in [1.54, 1.807) is 19.1 Å². The second-order valence-corrected chi connectivity index (χ2v) is 8.01. The van der Waals surface area contributed by atoms with Crippen molar-refractivity contribution >= 4 is 17.6 Å². The topological polar surface area (TPSA) is 47.9 Å². The lowest BCUT2D eigenvalue weighted by molar-refractivity contribution is 0.0526. The van der Waals surface area contributed by atoms with Gasteiger partial charge in [0.25, 0.3) is 0 Å². The van der Waals surface area contributed by atoms with Crippen molar-refractivity contribution in [2.45, 2.75) is 52.6 Å². The van der Waals surface area contributed by atoms with E-state index >= 15 is 0 Å². The van der Waals surface area contributed by atoms with Crippen LogP contribution in [-0.4, -0.2) is 24.6 Å². The quantitative estimate of drug-likeness (QED) is 0.522. The normalized spacial score (nSPS) is 14.3. The molecule has 4 heteroatoms. The molecule has 0 aliphatic carbocycles. The zero-order valence-electron chi connectivity index (χ0n) is 17.7. The molecule has 2 aromatic rings. The molecule has 1 aliphatic heterocycles. The highest BCUT2D eigenvalue weighted by Crippen LogP contribution is 2.39. The van der Waals surface area contributed by atoms with E-state index in [4.69, 9.17) is 9.47 Å². The lowest BCUT2D eigenvalue weighted by Crippen LogP contribution is -2.28. The second-order valence-electron chi connectivity index (χ2n) is 8.01. The Labute approximate surface area is 173 Å². The van der Waals surface area contributed by atoms with E-state index < -0.39 is 0 Å². The van der Waals surface area contributed by atoms with Gasteiger partial charge in [0.2, 0.25) is 0 Å². The molecule has 0 spiro atoms. The first-order valence-electron chi connectivity index (χ1n) is 9.96. The fourth-order valence-electron chi connectivity index (χ4n) is 3.29. The predicted octanol–water partition coefficient (Wildman–Crippen LogP) is 5.40. The van der Waals surface area contributed by atoms with Gasteiger partial charge in [0.15, 0.2) is 5.90 Å². The van der Waals surface area contributed by atoms with Gasteiger partial charge in [-0.1, -0.05) is 25.7 Å². The smallest absolute Gasteiger partial charge is 0.338 e. The second kappa shape index (κ2) is 8.53. The van der Waals surface area contributed by atoms with Gasteiger partial charge in [0.05, 0.1) is 24.0 Å². The average molecular weight is 389 g/mol. The van der Waals surface area contributed by atoms with Crippen LogP contribution in [0.2, 0.25) is 0 Å². The summed E-state index contributed by atoms with van der Waals surface area (Å²) in [4.78, 5) is 16.4. The van der Waals surface area contributed by atoms with E-state index in [2.05, 4.69) is 36.7 Å². The number of rotatable bonds is 3. The van der Waals surface area contributed by atoms with E-state index in [1.807, 2.05) is 38.1 Å².